The molecular formula is C124H130Ir4N12S4-8. The van der Waals surface area contributed by atoms with Gasteiger partial charge in [0.1, 0.15) is 19.5 Å². The Labute approximate surface area is 999 Å². The number of allylic oxidation sites excluding steroid dienone is 4. The third-order valence-electron chi connectivity index (χ3n) is 17.9. The largest absolute Gasteiger partial charge is 0.351 e. The molecule has 15 heterocycles. The fourth-order valence-electron chi connectivity index (χ4n) is 11.6. The van der Waals surface area contributed by atoms with Gasteiger partial charge < -0.3 is 24.9 Å². The molecule has 19 aromatic rings. The van der Waals surface area contributed by atoms with Crippen molar-refractivity contribution >= 4 is 131 Å². The number of rotatable bonds is 14. The van der Waals surface area contributed by atoms with Crippen molar-refractivity contribution in [3.8, 4) is 11.3 Å². The van der Waals surface area contributed by atoms with E-state index in [-0.39, 0.29) is 178 Å². The zero-order valence-corrected chi connectivity index (χ0v) is 90.2. The Morgan fingerprint density at radius 3 is 1.60 bits per heavy atom. The van der Waals surface area contributed by atoms with E-state index in [2.05, 4.69) is 129 Å². The van der Waals surface area contributed by atoms with Crippen molar-refractivity contribution in [2.24, 2.45) is 4.99 Å². The fourth-order valence-corrected chi connectivity index (χ4v) is 16.4. The van der Waals surface area contributed by atoms with Crippen LogP contribution in [0.25, 0.3) is 90.6 Å². The molecule has 754 valence electrons. The standard InChI is InChI=1S/C18H15N2S.C18H17N2S.C18H15N2S.C12H8NS.C12H10N.C12H14N.C6H7N.2C6H5.2C5H5N.6CH4.4Ir/c1-11(2)10-19-13(4)14-6-5-7-15-16-9-8-12(3)20-18(16)21-17(14)15;2*1-5-14-15-8-7-12(3)20-18(15)21-17(14)13(4)16-9-6-11(2)10-19-16;1-8-6-7-10-9-4-2-3-5-11(9)14-12(10)13-8;1-10-7-8-13-12(9-10)11-5-3-2-4-6-11;1-4-5-6-11(3)12-8-7-10(2)9-13-12;1-6-2-4-7-5-3-6;4*1-2-4-6-5-3-1;;;;;;;;;;/h5,7-10H,1,4H2,2-3H3;4-10,14,17H,1H2,2-3H3;4-10H,1H2,2-3H3;2,4-7H,1H3;2-5,7-9H,1H3;4,6-9H,1,3,5H2,2H3;2-5H,1H3;4*1-5H;6*1H4;;;;/q6*-1;;2*-1;;;;;;;;;;;;/i1D,2D3,3D3,4D;2*2D3,3D3,6D,9D;1D3;;2D3;;;;1D,2D;;6*1D3;;;;. The predicted molar refractivity (Wildman–Crippen MR) is 611 cm³/mol. The molecule has 0 amide bonds. The van der Waals surface area contributed by atoms with E-state index < -0.39 is 122 Å². The maximum Gasteiger partial charge on any atom is 0.113 e. The smallest absolute Gasteiger partial charge is 0.113 e. The first-order valence-electron chi connectivity index (χ1n) is 67.0. The molecule has 0 saturated carbocycles. The Morgan fingerprint density at radius 2 is 1.08 bits per heavy atom. The minimum Gasteiger partial charge on any atom is -0.351 e. The average Bonchev–Trinajstić information content (AvgIpc) is 1.62. The third kappa shape index (κ3) is 42.1. The van der Waals surface area contributed by atoms with Crippen LogP contribution in [-0.4, -0.2) is 66.3 Å². The van der Waals surface area contributed by atoms with Gasteiger partial charge in [-0.25, -0.2) is 26.5 Å². The zero-order chi connectivity index (χ0) is 143. The summed E-state index contributed by atoms with van der Waals surface area (Å²) in [6.45, 7) is 14.5. The molecule has 5 aromatic carbocycles. The number of thioether (sulfide) groups is 1. The van der Waals surface area contributed by atoms with Gasteiger partial charge in [0.25, 0.3) is 0 Å². The number of hydrogen-bond acceptors (Lipinski definition) is 16. The first-order valence-corrected chi connectivity index (χ1v) is 43.8. The Hall–Kier alpha value is -12.4. The molecule has 14 aromatic heterocycles. The van der Waals surface area contributed by atoms with Crippen LogP contribution in [-0.2, 0) is 80.4 Å². The van der Waals surface area contributed by atoms with E-state index in [4.69, 9.17) is 81.7 Å². The predicted octanol–water partition coefficient (Wildman–Crippen LogP) is 34.3. The van der Waals surface area contributed by atoms with Crippen LogP contribution in [0.15, 0.2) is 390 Å². The molecule has 0 fully saturated rings. The number of aromatic nitrogens is 11. The van der Waals surface area contributed by atoms with Crippen LogP contribution in [0.2, 0.25) is 0 Å². The first-order chi connectivity index (χ1) is 88.7. The molecule has 0 bridgehead atoms. The van der Waals surface area contributed by atoms with Gasteiger partial charge in [0.2, 0.25) is 0 Å². The van der Waals surface area contributed by atoms with Crippen LogP contribution < -0.4 is 0 Å². The Balaban J connectivity index is 0.00000214. The molecule has 12 nitrogen and oxygen atoms in total. The van der Waals surface area contributed by atoms with Gasteiger partial charge in [0.15, 0.2) is 0 Å². The van der Waals surface area contributed by atoms with E-state index in [1.165, 1.54) is 88.4 Å². The van der Waals surface area contributed by atoms with Gasteiger partial charge in [-0.3, -0.25) is 21.5 Å². The molecule has 20 heteroatoms. The van der Waals surface area contributed by atoms with Gasteiger partial charge in [-0.1, -0.05) is 186 Å². The molecule has 2 atom stereocenters. The fraction of sp³-hybridized carbons (Fsp3) is 0.153. The van der Waals surface area contributed by atoms with Crippen LogP contribution in [0.5, 0.6) is 0 Å². The van der Waals surface area contributed by atoms with E-state index >= 15 is 0 Å². The first kappa shape index (κ1) is 68.8. The number of thiophene rings is 3. The van der Waals surface area contributed by atoms with Gasteiger partial charge in [0, 0.05) is 248 Å². The molecule has 4 radical (unpaired) electrons. The number of pyridine rings is 11. The summed E-state index contributed by atoms with van der Waals surface area (Å²) in [6.07, 6.45) is 23.8. The summed E-state index contributed by atoms with van der Waals surface area (Å²) in [5, 5.41) is 4.39. The second kappa shape index (κ2) is 71.1. The summed E-state index contributed by atoms with van der Waals surface area (Å²) in [7, 11) is -8.50. The van der Waals surface area contributed by atoms with Crippen LogP contribution >= 0.6 is 45.8 Å². The quantitative estimate of drug-likeness (QED) is 0.0578. The van der Waals surface area contributed by atoms with Crippen molar-refractivity contribution in [1.82, 2.24) is 54.8 Å². The third-order valence-corrected chi connectivity index (χ3v) is 22.6. The normalized spacial score (nSPS) is 16.6. The minimum atomic E-state index is -2.56. The summed E-state index contributed by atoms with van der Waals surface area (Å²) >= 11 is 5.11. The Bertz CT molecular complexity index is 8690. The van der Waals surface area contributed by atoms with Crippen molar-refractivity contribution < 1.29 is 149 Å². The Kier molecular flexibility index (Phi) is 34.0. The van der Waals surface area contributed by atoms with Gasteiger partial charge in [0.05, 0.1) is 8.22 Å². The number of fused-ring (bicyclic) bond motifs is 8. The van der Waals surface area contributed by atoms with E-state index in [1.807, 2.05) is 171 Å². The summed E-state index contributed by atoms with van der Waals surface area (Å²) in [4.78, 5) is 50.9. The van der Waals surface area contributed by atoms with Crippen LogP contribution in [0.3, 0.4) is 0 Å². The van der Waals surface area contributed by atoms with Crippen LogP contribution in [0, 0.1) is 112 Å². The van der Waals surface area contributed by atoms with Crippen LogP contribution in [0.1, 0.15) is 221 Å². The van der Waals surface area contributed by atoms with Crippen molar-refractivity contribution in [2.75, 3.05) is 0 Å². The molecular weight excluding hydrogens is 2550 g/mol. The summed E-state index contributed by atoms with van der Waals surface area (Å²) in [5.74, 6) is -0.300. The van der Waals surface area contributed by atoms with Gasteiger partial charge in [-0.2, -0.15) is 161 Å². The van der Waals surface area contributed by atoms with Crippen molar-refractivity contribution in [3.05, 3.63) is 519 Å². The van der Waals surface area contributed by atoms with Gasteiger partial charge in [-0.15, -0.1) is 103 Å². The summed E-state index contributed by atoms with van der Waals surface area (Å²) < 4.78 is 348. The zero-order valence-electron chi connectivity index (χ0n) is 127. The molecule has 1 aliphatic heterocycles. The monoisotopic (exact) mass is 2740 g/mol. The summed E-state index contributed by atoms with van der Waals surface area (Å²) in [6, 6.07) is 81.1. The van der Waals surface area contributed by atoms with Crippen molar-refractivity contribution in [1.29, 1.82) is 0 Å². The maximum absolute atomic E-state index is 8.18. The van der Waals surface area contributed by atoms with Gasteiger partial charge in [-0.05, 0) is 207 Å². The maximum atomic E-state index is 8.18. The number of hydrogen-bond donors (Lipinski definition) is 0. The number of aryl methyl sites for hydroxylation is 9. The van der Waals surface area contributed by atoms with Crippen molar-refractivity contribution in [2.45, 2.75) is 135 Å². The summed E-state index contributed by atoms with van der Waals surface area (Å²) in [5.41, 5.74) is 7.64. The molecule has 1 aliphatic rings. The minimum absolute atomic E-state index is 0. The molecule has 0 spiro atoms. The number of nitrogens with zero attached hydrogens (tertiary/aromatic N) is 12. The average molecular weight is 2740 g/mol. The van der Waals surface area contributed by atoms with Crippen molar-refractivity contribution in [3.63, 3.8) is 0 Å². The van der Waals surface area contributed by atoms with E-state index in [1.54, 1.807) is 85.5 Å². The van der Waals surface area contributed by atoms with Crippen LogP contribution in [0.4, 0.5) is 0 Å². The Morgan fingerprint density at radius 1 is 0.507 bits per heavy atom. The molecule has 20 rings (SSSR count). The molecule has 0 saturated heterocycles. The van der Waals surface area contributed by atoms with Gasteiger partial charge >= 0.3 is 0 Å². The topological polar surface area (TPSA) is 154 Å². The van der Waals surface area contributed by atoms with E-state index in [0.717, 1.165) is 96.4 Å². The molecule has 0 N–H and O–H groups in total. The second-order valence-corrected chi connectivity index (χ2v) is 31.7. The van der Waals surface area contributed by atoms with E-state index in [9.17, 15) is 0 Å². The number of benzene rings is 5. The molecule has 2 unspecified atom stereocenters. The second-order valence-electron chi connectivity index (χ2n) is 27.6. The number of aliphatic imine (C=N–C) groups is 1. The molecule has 0 aliphatic carbocycles. The van der Waals surface area contributed by atoms with E-state index in [0.29, 0.717) is 53.0 Å². The molecule has 144 heavy (non-hydrogen) atoms. The SMILES string of the molecule is Cc1ccnc(-c2[c-]cccc2)c1.Cc1ccncc1.[2H]C([2H])([2H])c1ccc(C(=C)[CH-]CC=C)nc1.[2H]C([2H])([2H])c1ccc2c(n1)sc1c[c-]ccc12.[2H]C([2H])[2H].[2H]C([2H])[2H].[2H]C([2H])[2H].[2H]C([2H])[2H].[2H]C([2H])[2H].[2H]C([2H])[2H].[2H]C=C(N=CC(=C[2H])C([2H])([2H])[2H])c1[c-]ccc2c1sc1nc(C([2H])([2H])[2H])ccc12.[2H]c1c(C([2H])([2H])[2H])cnc(C(=[CH-])C2Sc3nc(C([2H])([2H])[2H])ccc3C2C=C)c1[2H].[2H]c1c(C([2H])([2H])[2H])cnc(C(=[CH-])c2sc3nc(C([2H])([2H])[2H])ccc3c2C=C)c1[2H].[2H]c1ccncc1[2H].[Ir].[Ir].[Ir].[Ir].[c-]1ccccc1.[c-]1ccccc1.c1ccncc1.